The molecular weight excluding hydrogens is 896 g/mol. The van der Waals surface area contributed by atoms with E-state index in [1.165, 1.54) is 49.8 Å². The number of nitrogens with one attached hydrogen (secondary N) is 6. The van der Waals surface area contributed by atoms with Crippen molar-refractivity contribution in [1.82, 2.24) is 10.6 Å². The van der Waals surface area contributed by atoms with Gasteiger partial charge in [-0.2, -0.15) is 0 Å². The van der Waals surface area contributed by atoms with E-state index < -0.39 is 6.04 Å². The molecule has 6 N–H and O–H groups in total. The van der Waals surface area contributed by atoms with Crippen molar-refractivity contribution in [2.45, 2.75) is 112 Å². The maximum absolute atomic E-state index is 11.2. The van der Waals surface area contributed by atoms with E-state index in [9.17, 15) is 9.59 Å². The van der Waals surface area contributed by atoms with Crippen LogP contribution in [0.25, 0.3) is 0 Å². The van der Waals surface area contributed by atoms with Crippen LogP contribution in [0.3, 0.4) is 0 Å². The third kappa shape index (κ3) is 14.3. The van der Waals surface area contributed by atoms with E-state index in [2.05, 4.69) is 29.5 Å². The van der Waals surface area contributed by atoms with E-state index >= 15 is 0 Å². The summed E-state index contributed by atoms with van der Waals surface area (Å²) in [5.41, 5.74) is 7.62. The molecule has 1 amide bonds. The van der Waals surface area contributed by atoms with Crippen molar-refractivity contribution in [3.8, 4) is 0 Å². The Morgan fingerprint density at radius 3 is 1.63 bits per heavy atom. The predicted molar refractivity (Wildman–Crippen MR) is 278 cm³/mol. The minimum atomic E-state index is -0.627. The van der Waals surface area contributed by atoms with Gasteiger partial charge >= 0.3 is 0 Å². The van der Waals surface area contributed by atoms with E-state index in [-0.39, 0.29) is 30.5 Å². The fourth-order valence-corrected chi connectivity index (χ4v) is 10.1. The monoisotopic (exact) mass is 958 g/mol. The highest BCUT2D eigenvalue weighted by molar-refractivity contribution is 7.17. The number of halogens is 2. The number of aliphatic imine (C=N–C) groups is 2. The van der Waals surface area contributed by atoms with Crippen molar-refractivity contribution < 1.29 is 9.59 Å². The number of thiophene rings is 2. The fourth-order valence-electron chi connectivity index (χ4n) is 7.42. The summed E-state index contributed by atoms with van der Waals surface area (Å²) >= 11 is 15.2. The van der Waals surface area contributed by atoms with Crippen LogP contribution in [0.5, 0.6) is 0 Å². The SMILES string of the molecule is CC(=N)N1C(=N)C(CC=O)N=C(c2ccc(Cl)cc2)c2c1sc(C)c2C.CC(=N)N1C(=N)CN=C(c2ccc(Cl)cc2)c2c1sc(C)c2C.CNCCCCCCCCCCNC(C)=O. The number of hydrogen-bond acceptors (Lipinski definition) is 11. The van der Waals surface area contributed by atoms with Crippen LogP contribution in [-0.4, -0.2) is 79.7 Å². The Hall–Kier alpha value is -4.86. The molecule has 6 rings (SSSR count). The molecule has 4 heterocycles. The van der Waals surface area contributed by atoms with Crippen molar-refractivity contribution >= 4 is 103 Å². The molecule has 0 bridgehead atoms. The molecule has 2 aromatic carbocycles. The molecule has 0 aliphatic carbocycles. The number of carbonyl (C=O) groups excluding carboxylic acids is 2. The number of rotatable bonds is 15. The first kappa shape index (κ1) is 52.8. The maximum Gasteiger partial charge on any atom is 0.216 e. The summed E-state index contributed by atoms with van der Waals surface area (Å²) in [6.07, 6.45) is 11.3. The normalized spacial score (nSPS) is 14.3. The van der Waals surface area contributed by atoms with Gasteiger partial charge in [-0.25, -0.2) is 0 Å². The predicted octanol–water partition coefficient (Wildman–Crippen LogP) is 11.7. The minimum Gasteiger partial charge on any atom is -0.356 e. The van der Waals surface area contributed by atoms with Gasteiger partial charge in [0, 0.05) is 61.9 Å². The number of aldehydes is 1. The molecule has 1 unspecified atom stereocenters. The zero-order valence-corrected chi connectivity index (χ0v) is 42.1. The Morgan fingerprint density at radius 2 is 1.17 bits per heavy atom. The van der Waals surface area contributed by atoms with Crippen LogP contribution in [0, 0.1) is 49.3 Å². The van der Waals surface area contributed by atoms with E-state index in [1.54, 1.807) is 65.4 Å². The first-order valence-corrected chi connectivity index (χ1v) is 24.4. The Morgan fingerprint density at radius 1 is 0.723 bits per heavy atom. The number of unbranched alkanes of at least 4 members (excludes halogenated alkanes) is 7. The molecule has 0 fully saturated rings. The third-order valence-corrected chi connectivity index (χ3v) is 14.0. The maximum atomic E-state index is 11.2. The molecule has 4 aromatic rings. The molecule has 348 valence electrons. The molecule has 12 nitrogen and oxygen atoms in total. The second kappa shape index (κ2) is 25.7. The molecule has 1 atom stereocenters. The number of anilines is 2. The standard InChI is InChI=1S/C19H19ClN4OS.C17H17ClN4S.C13H28N2O/c1-10-11(2)26-19-16(10)17(13-4-6-14(20)7-5-13)23-15(8-9-25)18(22)24(19)12(3)21;1-9-10(2)23-17-15(9)16(12-4-6-13(18)7-5-12)21-8-14(20)22(17)11(3)19;1-13(16)15-12-10-8-6-4-3-5-7-9-11-14-2/h4-7,9,15,21-22H,8H2,1-3H3;4-7,19-20H,8H2,1-3H3;14H,3-12H2,1-2H3,(H,15,16). The van der Waals surface area contributed by atoms with Gasteiger partial charge in [-0.3, -0.25) is 46.2 Å². The topological polar surface area (TPSA) is 185 Å². The number of aryl methyl sites for hydroxylation is 2. The first-order chi connectivity index (χ1) is 31.0. The van der Waals surface area contributed by atoms with E-state index in [0.717, 1.165) is 85.5 Å². The molecule has 16 heteroatoms. The van der Waals surface area contributed by atoms with Crippen LogP contribution in [0.2, 0.25) is 10.0 Å². The van der Waals surface area contributed by atoms with Gasteiger partial charge in [0.1, 0.15) is 45.7 Å². The summed E-state index contributed by atoms with van der Waals surface area (Å²) in [7, 11) is 2.01. The Balaban J connectivity index is 0.000000220. The van der Waals surface area contributed by atoms with Gasteiger partial charge in [0.2, 0.25) is 5.91 Å². The second-order valence-corrected chi connectivity index (χ2v) is 19.4. The summed E-state index contributed by atoms with van der Waals surface area (Å²) in [6.45, 7) is 15.4. The number of fused-ring (bicyclic) bond motifs is 2. The van der Waals surface area contributed by atoms with Gasteiger partial charge in [0.25, 0.3) is 0 Å². The lowest BCUT2D eigenvalue weighted by Crippen LogP contribution is -2.40. The minimum absolute atomic E-state index is 0.0875. The van der Waals surface area contributed by atoms with Crippen LogP contribution < -0.4 is 20.4 Å². The van der Waals surface area contributed by atoms with Crippen LogP contribution in [0.15, 0.2) is 58.5 Å². The van der Waals surface area contributed by atoms with Crippen LogP contribution in [0.4, 0.5) is 10.0 Å². The number of amides is 1. The number of benzene rings is 2. The quantitative estimate of drug-likeness (QED) is 0.0299. The summed E-state index contributed by atoms with van der Waals surface area (Å²) < 4.78 is 0. The zero-order valence-electron chi connectivity index (χ0n) is 38.9. The van der Waals surface area contributed by atoms with Crippen LogP contribution in [0.1, 0.15) is 122 Å². The summed E-state index contributed by atoms with van der Waals surface area (Å²) in [5, 5.41) is 42.1. The number of carbonyl (C=O) groups is 2. The number of hydrogen-bond donors (Lipinski definition) is 6. The van der Waals surface area contributed by atoms with Crippen molar-refractivity contribution in [1.29, 1.82) is 21.6 Å². The average Bonchev–Trinajstić information content (AvgIpc) is 3.59. The first-order valence-electron chi connectivity index (χ1n) is 22.1. The molecule has 65 heavy (non-hydrogen) atoms. The van der Waals surface area contributed by atoms with Crippen molar-refractivity contribution in [3.63, 3.8) is 0 Å². The molecule has 0 saturated heterocycles. The Labute approximate surface area is 403 Å². The van der Waals surface area contributed by atoms with Gasteiger partial charge in [0.05, 0.1) is 18.0 Å². The zero-order chi connectivity index (χ0) is 47.8. The number of amidine groups is 4. The highest BCUT2D eigenvalue weighted by Gasteiger charge is 2.34. The Bertz CT molecular complexity index is 2390. The highest BCUT2D eigenvalue weighted by atomic mass is 35.5. The lowest BCUT2D eigenvalue weighted by Gasteiger charge is -2.24. The highest BCUT2D eigenvalue weighted by Crippen LogP contribution is 2.41. The van der Waals surface area contributed by atoms with Crippen LogP contribution in [-0.2, 0) is 9.59 Å². The summed E-state index contributed by atoms with van der Waals surface area (Å²) in [4.78, 5) is 36.8. The molecule has 2 aromatic heterocycles. The lowest BCUT2D eigenvalue weighted by molar-refractivity contribution is -0.119. The Kier molecular flexibility index (Phi) is 20.9. The third-order valence-electron chi connectivity index (χ3n) is 11.1. The van der Waals surface area contributed by atoms with E-state index in [0.29, 0.717) is 21.7 Å². The molecular formula is C49H64Cl2N10O2S2. The van der Waals surface area contributed by atoms with Gasteiger partial charge in [0.15, 0.2) is 0 Å². The van der Waals surface area contributed by atoms with Gasteiger partial charge in [-0.15, -0.1) is 22.7 Å². The van der Waals surface area contributed by atoms with E-state index in [4.69, 9.17) is 49.8 Å². The second-order valence-electron chi connectivity index (χ2n) is 16.1. The van der Waals surface area contributed by atoms with Crippen molar-refractivity contribution in [2.24, 2.45) is 9.98 Å². The van der Waals surface area contributed by atoms with E-state index in [1.807, 2.05) is 57.3 Å². The van der Waals surface area contributed by atoms with Crippen LogP contribution >= 0.6 is 45.9 Å². The molecule has 0 saturated carbocycles. The lowest BCUT2D eigenvalue weighted by atomic mass is 10.00. The smallest absolute Gasteiger partial charge is 0.216 e. The van der Waals surface area contributed by atoms with Gasteiger partial charge < -0.3 is 15.4 Å². The molecule has 0 radical (unpaired) electrons. The number of nitrogens with zero attached hydrogens (tertiary/aromatic N) is 4. The molecule has 2 aliphatic heterocycles. The largest absolute Gasteiger partial charge is 0.356 e. The average molecular weight is 960 g/mol. The molecule has 2 aliphatic rings. The van der Waals surface area contributed by atoms with Gasteiger partial charge in [-0.05, 0) is 103 Å². The van der Waals surface area contributed by atoms with Gasteiger partial charge in [-0.1, -0.05) is 86.0 Å². The summed E-state index contributed by atoms with van der Waals surface area (Å²) in [5.74, 6) is 1.13. The fraction of sp³-hybridized carbons (Fsp3) is 0.429. The van der Waals surface area contributed by atoms with Crippen molar-refractivity contribution in [3.05, 3.63) is 102 Å². The molecule has 0 spiro atoms. The van der Waals surface area contributed by atoms with Crippen molar-refractivity contribution in [2.75, 3.05) is 36.5 Å². The summed E-state index contributed by atoms with van der Waals surface area (Å²) in [6, 6.07) is 14.4.